The van der Waals surface area contributed by atoms with Crippen molar-refractivity contribution in [3.8, 4) is 0 Å². The molecule has 110 valence electrons. The fourth-order valence-electron chi connectivity index (χ4n) is 1.92. The largest absolute Gasteiger partial charge is 0.392 e. The van der Waals surface area contributed by atoms with Crippen LogP contribution >= 0.6 is 15.9 Å². The van der Waals surface area contributed by atoms with E-state index in [0.717, 1.165) is 16.7 Å². The summed E-state index contributed by atoms with van der Waals surface area (Å²) in [5.74, 6) is 0. The maximum atomic E-state index is 10.9. The molecule has 0 radical (unpaired) electrons. The molecule has 0 spiro atoms. The third kappa shape index (κ3) is 4.35. The van der Waals surface area contributed by atoms with E-state index in [0.29, 0.717) is 17.6 Å². The number of nitrogens with zero attached hydrogens (tertiary/aromatic N) is 1. The lowest BCUT2D eigenvalue weighted by molar-refractivity contribution is -0.385. The van der Waals surface area contributed by atoms with Crippen molar-refractivity contribution < 1.29 is 10.0 Å². The summed E-state index contributed by atoms with van der Waals surface area (Å²) >= 11 is 3.17. The van der Waals surface area contributed by atoms with Crippen LogP contribution in [0.15, 0.2) is 46.9 Å². The summed E-state index contributed by atoms with van der Waals surface area (Å²) in [6.45, 7) is 1.25. The number of nitro benzene ring substituents is 1. The maximum Gasteiger partial charge on any atom is 0.283 e. The molecule has 0 aliphatic carbocycles. The van der Waals surface area contributed by atoms with Gasteiger partial charge in [-0.3, -0.25) is 10.1 Å². The van der Waals surface area contributed by atoms with Gasteiger partial charge in [0.1, 0.15) is 0 Å². The lowest BCUT2D eigenvalue weighted by Gasteiger charge is -2.06. The van der Waals surface area contributed by atoms with Gasteiger partial charge in [-0.2, -0.15) is 0 Å². The summed E-state index contributed by atoms with van der Waals surface area (Å²) in [4.78, 5) is 10.5. The maximum absolute atomic E-state index is 10.9. The Kier molecular flexibility index (Phi) is 5.44. The summed E-state index contributed by atoms with van der Waals surface area (Å²) in [6.07, 6.45) is 0. The van der Waals surface area contributed by atoms with Crippen molar-refractivity contribution in [3.63, 3.8) is 0 Å². The second-order valence-electron chi connectivity index (χ2n) is 4.62. The van der Waals surface area contributed by atoms with Crippen molar-refractivity contribution in [1.82, 2.24) is 5.32 Å². The lowest BCUT2D eigenvalue weighted by Crippen LogP contribution is -2.12. The number of hydrogen-bond acceptors (Lipinski definition) is 4. The summed E-state index contributed by atoms with van der Waals surface area (Å²) in [5, 5.41) is 23.1. The van der Waals surface area contributed by atoms with E-state index >= 15 is 0 Å². The van der Waals surface area contributed by atoms with Crippen LogP contribution in [0, 0.1) is 10.1 Å². The predicted molar refractivity (Wildman–Crippen MR) is 83.7 cm³/mol. The van der Waals surface area contributed by atoms with Crippen LogP contribution in [0.4, 0.5) is 5.69 Å². The summed E-state index contributed by atoms with van der Waals surface area (Å²) in [7, 11) is 0. The van der Waals surface area contributed by atoms with Crippen LogP contribution in [0.5, 0.6) is 0 Å². The highest BCUT2D eigenvalue weighted by Gasteiger charge is 2.11. The Morgan fingerprint density at radius 3 is 2.24 bits per heavy atom. The first-order valence-corrected chi connectivity index (χ1v) is 7.21. The number of aliphatic hydroxyl groups is 1. The van der Waals surface area contributed by atoms with Gasteiger partial charge >= 0.3 is 0 Å². The highest BCUT2D eigenvalue weighted by molar-refractivity contribution is 9.10. The van der Waals surface area contributed by atoms with Crippen molar-refractivity contribution in [2.24, 2.45) is 0 Å². The average Bonchev–Trinajstić information content (AvgIpc) is 2.49. The van der Waals surface area contributed by atoms with E-state index in [1.165, 1.54) is 0 Å². The molecule has 0 saturated heterocycles. The summed E-state index contributed by atoms with van der Waals surface area (Å²) in [5.41, 5.74) is 2.90. The first-order chi connectivity index (χ1) is 10.1. The van der Waals surface area contributed by atoms with Crippen molar-refractivity contribution in [3.05, 3.63) is 73.7 Å². The molecule has 0 amide bonds. The van der Waals surface area contributed by atoms with Gasteiger partial charge in [-0.15, -0.1) is 0 Å². The molecule has 0 aliphatic heterocycles. The monoisotopic (exact) mass is 350 g/mol. The zero-order chi connectivity index (χ0) is 15.2. The number of halogens is 1. The SMILES string of the molecule is O=[N+]([O-])c1cc(CNCc2ccc(CO)cc2)ccc1Br. The smallest absolute Gasteiger partial charge is 0.283 e. The van der Waals surface area contributed by atoms with Crippen LogP contribution in [-0.2, 0) is 19.7 Å². The van der Waals surface area contributed by atoms with Crippen LogP contribution in [0.1, 0.15) is 16.7 Å². The molecular formula is C15H15BrN2O3. The van der Waals surface area contributed by atoms with E-state index < -0.39 is 4.92 Å². The number of rotatable bonds is 6. The van der Waals surface area contributed by atoms with Gasteiger partial charge < -0.3 is 10.4 Å². The van der Waals surface area contributed by atoms with Crippen LogP contribution < -0.4 is 5.32 Å². The van der Waals surface area contributed by atoms with E-state index in [1.54, 1.807) is 12.1 Å². The third-order valence-electron chi connectivity index (χ3n) is 3.07. The Balaban J connectivity index is 1.93. The van der Waals surface area contributed by atoms with Gasteiger partial charge in [0, 0.05) is 19.2 Å². The Morgan fingerprint density at radius 2 is 1.62 bits per heavy atom. The zero-order valence-corrected chi connectivity index (χ0v) is 12.8. The normalized spacial score (nSPS) is 10.6. The van der Waals surface area contributed by atoms with Gasteiger partial charge in [0.25, 0.3) is 5.69 Å². The molecule has 0 fully saturated rings. The highest BCUT2D eigenvalue weighted by Crippen LogP contribution is 2.25. The van der Waals surface area contributed by atoms with Gasteiger partial charge in [-0.1, -0.05) is 30.3 Å². The third-order valence-corrected chi connectivity index (χ3v) is 3.74. The zero-order valence-electron chi connectivity index (χ0n) is 11.3. The number of hydrogen-bond donors (Lipinski definition) is 2. The Hall–Kier alpha value is -1.76. The lowest BCUT2D eigenvalue weighted by atomic mass is 10.1. The second kappa shape index (κ2) is 7.31. The molecule has 0 aliphatic rings. The molecule has 2 rings (SSSR count). The molecule has 0 aromatic heterocycles. The molecular weight excluding hydrogens is 336 g/mol. The van der Waals surface area contributed by atoms with E-state index in [4.69, 9.17) is 5.11 Å². The van der Waals surface area contributed by atoms with Crippen LogP contribution in [0.3, 0.4) is 0 Å². The van der Waals surface area contributed by atoms with Crippen molar-refractivity contribution in [2.75, 3.05) is 0 Å². The van der Waals surface area contributed by atoms with Gasteiger partial charge in [0.05, 0.1) is 16.0 Å². The number of aliphatic hydroxyl groups excluding tert-OH is 1. The molecule has 0 heterocycles. The quantitative estimate of drug-likeness (QED) is 0.619. The Morgan fingerprint density at radius 1 is 1.05 bits per heavy atom. The average molecular weight is 351 g/mol. The predicted octanol–water partition coefficient (Wildman–Crippen LogP) is 3.14. The van der Waals surface area contributed by atoms with Gasteiger partial charge in [0.2, 0.25) is 0 Å². The molecule has 2 N–H and O–H groups in total. The van der Waals surface area contributed by atoms with Crippen LogP contribution in [0.2, 0.25) is 0 Å². The standard InChI is InChI=1S/C15H15BrN2O3/c16-14-6-5-13(7-15(14)18(20)21)9-17-8-11-1-3-12(10-19)4-2-11/h1-7,17,19H,8-10H2. The molecule has 0 unspecified atom stereocenters. The molecule has 0 atom stereocenters. The van der Waals surface area contributed by atoms with Crippen LogP contribution in [-0.4, -0.2) is 10.0 Å². The highest BCUT2D eigenvalue weighted by atomic mass is 79.9. The van der Waals surface area contributed by atoms with Crippen LogP contribution in [0.25, 0.3) is 0 Å². The number of nitrogens with one attached hydrogen (secondary N) is 1. The second-order valence-corrected chi connectivity index (χ2v) is 5.48. The number of benzene rings is 2. The van der Waals surface area contributed by atoms with Crippen molar-refractivity contribution in [1.29, 1.82) is 0 Å². The minimum absolute atomic E-state index is 0.0380. The van der Waals surface area contributed by atoms with E-state index in [1.807, 2.05) is 30.3 Å². The first kappa shape index (κ1) is 15.6. The number of nitro groups is 1. The van der Waals surface area contributed by atoms with E-state index in [9.17, 15) is 10.1 Å². The van der Waals surface area contributed by atoms with Gasteiger partial charge in [-0.25, -0.2) is 0 Å². The molecule has 0 bridgehead atoms. The fourth-order valence-corrected chi connectivity index (χ4v) is 2.31. The molecule has 6 heteroatoms. The fraction of sp³-hybridized carbons (Fsp3) is 0.200. The minimum atomic E-state index is -0.402. The topological polar surface area (TPSA) is 75.4 Å². The van der Waals surface area contributed by atoms with Gasteiger partial charge in [-0.05, 0) is 38.7 Å². The summed E-state index contributed by atoms with van der Waals surface area (Å²) < 4.78 is 0.482. The van der Waals surface area contributed by atoms with Crippen molar-refractivity contribution >= 4 is 21.6 Å². The molecule has 2 aromatic carbocycles. The van der Waals surface area contributed by atoms with E-state index in [2.05, 4.69) is 21.2 Å². The Bertz CT molecular complexity index is 629. The Labute approximate surface area is 130 Å². The molecule has 21 heavy (non-hydrogen) atoms. The van der Waals surface area contributed by atoms with Gasteiger partial charge in [0.15, 0.2) is 0 Å². The summed E-state index contributed by atoms with van der Waals surface area (Å²) in [6, 6.07) is 12.7. The minimum Gasteiger partial charge on any atom is -0.392 e. The molecule has 0 saturated carbocycles. The first-order valence-electron chi connectivity index (χ1n) is 6.42. The molecule has 2 aromatic rings. The van der Waals surface area contributed by atoms with E-state index in [-0.39, 0.29) is 12.3 Å². The van der Waals surface area contributed by atoms with Crippen molar-refractivity contribution in [2.45, 2.75) is 19.7 Å². The molecule has 5 nitrogen and oxygen atoms in total.